The number of rotatable bonds is 6. The van der Waals surface area contributed by atoms with E-state index in [4.69, 9.17) is 10.3 Å². The van der Waals surface area contributed by atoms with Crippen LogP contribution in [0.1, 0.15) is 18.7 Å². The second-order valence-electron chi connectivity index (χ2n) is 6.15. The standard InChI is InChI=1S/C19H18F3N5O2.HI/c1-12(17-26-16(27-29-17)13-5-3-2-4-6-13)11-24-18(23)25-14-7-9-15(10-8-14)28-19(20,21)22;/h2-10,12H,11H2,1H3,(H3,23,24,25);1H. The number of alkyl halides is 3. The van der Waals surface area contributed by atoms with Crippen LogP contribution in [0.4, 0.5) is 18.9 Å². The van der Waals surface area contributed by atoms with Gasteiger partial charge < -0.3 is 20.3 Å². The minimum Gasteiger partial charge on any atom is -0.406 e. The molecule has 0 saturated heterocycles. The Kier molecular flexibility index (Phi) is 8.03. The Bertz CT molecular complexity index is 962. The molecule has 3 rings (SSSR count). The number of halogens is 4. The van der Waals surface area contributed by atoms with Gasteiger partial charge in [-0.05, 0) is 24.3 Å². The first-order valence-corrected chi connectivity index (χ1v) is 8.62. The predicted molar refractivity (Wildman–Crippen MR) is 117 cm³/mol. The van der Waals surface area contributed by atoms with E-state index in [0.717, 1.165) is 5.56 Å². The van der Waals surface area contributed by atoms with Crippen LogP contribution in [0, 0.1) is 0 Å². The molecule has 0 fully saturated rings. The molecule has 3 aromatic rings. The molecule has 0 amide bonds. The van der Waals surface area contributed by atoms with Gasteiger partial charge >= 0.3 is 6.36 Å². The molecule has 0 spiro atoms. The number of hydrogen-bond acceptors (Lipinski definition) is 5. The Hall–Kier alpha value is -2.83. The van der Waals surface area contributed by atoms with Crippen molar-refractivity contribution in [3.8, 4) is 17.1 Å². The van der Waals surface area contributed by atoms with E-state index in [1.54, 1.807) is 0 Å². The number of guanidine groups is 1. The molecular weight excluding hydrogens is 514 g/mol. The SMILES string of the molecule is CC(CN=C(N)Nc1ccc(OC(F)(F)F)cc1)c1nc(-c2ccccc2)no1.I. The first kappa shape index (κ1) is 23.4. The Labute approximate surface area is 187 Å². The maximum Gasteiger partial charge on any atom is 0.573 e. The zero-order chi connectivity index (χ0) is 20.9. The maximum absolute atomic E-state index is 12.2. The zero-order valence-corrected chi connectivity index (χ0v) is 18.1. The van der Waals surface area contributed by atoms with Gasteiger partial charge in [0.1, 0.15) is 5.75 Å². The Balaban J connectivity index is 0.00000320. The quantitative estimate of drug-likeness (QED) is 0.269. The third-order valence-electron chi connectivity index (χ3n) is 3.79. The number of hydrogen-bond donors (Lipinski definition) is 2. The lowest BCUT2D eigenvalue weighted by Crippen LogP contribution is -2.23. The minimum absolute atomic E-state index is 0. The largest absolute Gasteiger partial charge is 0.573 e. The molecule has 2 aromatic carbocycles. The summed E-state index contributed by atoms with van der Waals surface area (Å²) in [4.78, 5) is 8.57. The Morgan fingerprint density at radius 3 is 2.47 bits per heavy atom. The fourth-order valence-electron chi connectivity index (χ4n) is 2.38. The van der Waals surface area contributed by atoms with Crippen LogP contribution >= 0.6 is 24.0 Å². The first-order chi connectivity index (χ1) is 13.8. The van der Waals surface area contributed by atoms with Crippen molar-refractivity contribution in [3.63, 3.8) is 0 Å². The highest BCUT2D eigenvalue weighted by molar-refractivity contribution is 14.0. The van der Waals surface area contributed by atoms with Gasteiger partial charge in [-0.1, -0.05) is 42.4 Å². The average Bonchev–Trinajstić information content (AvgIpc) is 3.18. The molecule has 7 nitrogen and oxygen atoms in total. The van der Waals surface area contributed by atoms with Gasteiger partial charge in [-0.2, -0.15) is 4.98 Å². The summed E-state index contributed by atoms with van der Waals surface area (Å²) < 4.78 is 45.6. The van der Waals surface area contributed by atoms with Crippen molar-refractivity contribution in [2.75, 3.05) is 11.9 Å². The number of anilines is 1. The highest BCUT2D eigenvalue weighted by Crippen LogP contribution is 2.24. The molecule has 1 heterocycles. The van der Waals surface area contributed by atoms with Crippen LogP contribution in [-0.2, 0) is 0 Å². The summed E-state index contributed by atoms with van der Waals surface area (Å²) in [7, 11) is 0. The smallest absolute Gasteiger partial charge is 0.406 e. The van der Waals surface area contributed by atoms with Gasteiger partial charge in [-0.15, -0.1) is 37.1 Å². The number of aromatic nitrogens is 2. The summed E-state index contributed by atoms with van der Waals surface area (Å²) in [6.07, 6.45) is -4.74. The molecule has 30 heavy (non-hydrogen) atoms. The number of ether oxygens (including phenoxy) is 1. The van der Waals surface area contributed by atoms with Crippen molar-refractivity contribution in [3.05, 3.63) is 60.5 Å². The van der Waals surface area contributed by atoms with Crippen LogP contribution in [-0.4, -0.2) is 29.0 Å². The van der Waals surface area contributed by atoms with Gasteiger partial charge in [0.15, 0.2) is 5.96 Å². The maximum atomic E-state index is 12.2. The summed E-state index contributed by atoms with van der Waals surface area (Å²) in [5.74, 6) is 0.516. The molecule has 1 unspecified atom stereocenters. The summed E-state index contributed by atoms with van der Waals surface area (Å²) in [6, 6.07) is 14.6. The molecule has 3 N–H and O–H groups in total. The summed E-state index contributed by atoms with van der Waals surface area (Å²) in [5, 5.41) is 6.76. The number of aliphatic imine (C=N–C) groups is 1. The molecule has 160 valence electrons. The van der Waals surface area contributed by atoms with Crippen molar-refractivity contribution in [2.45, 2.75) is 19.2 Å². The van der Waals surface area contributed by atoms with Gasteiger partial charge in [0.2, 0.25) is 11.7 Å². The van der Waals surface area contributed by atoms with Gasteiger partial charge in [-0.25, -0.2) is 0 Å². The van der Waals surface area contributed by atoms with E-state index in [1.165, 1.54) is 24.3 Å². The van der Waals surface area contributed by atoms with Crippen LogP contribution in [0.15, 0.2) is 64.1 Å². The lowest BCUT2D eigenvalue weighted by atomic mass is 10.2. The lowest BCUT2D eigenvalue weighted by molar-refractivity contribution is -0.274. The van der Waals surface area contributed by atoms with E-state index in [2.05, 4.69) is 25.2 Å². The van der Waals surface area contributed by atoms with Crippen LogP contribution in [0.5, 0.6) is 5.75 Å². The van der Waals surface area contributed by atoms with Crippen molar-refractivity contribution >= 4 is 35.6 Å². The normalized spacial score (nSPS) is 12.7. The second kappa shape index (κ2) is 10.3. The number of nitrogens with two attached hydrogens (primary N) is 1. The molecular formula is C19H19F3IN5O2. The van der Waals surface area contributed by atoms with E-state index in [-0.39, 0.29) is 48.1 Å². The fraction of sp³-hybridized carbons (Fsp3) is 0.211. The van der Waals surface area contributed by atoms with E-state index in [9.17, 15) is 13.2 Å². The van der Waals surface area contributed by atoms with Crippen molar-refractivity contribution < 1.29 is 22.4 Å². The highest BCUT2D eigenvalue weighted by atomic mass is 127. The topological polar surface area (TPSA) is 98.6 Å². The summed E-state index contributed by atoms with van der Waals surface area (Å²) in [6.45, 7) is 2.15. The predicted octanol–water partition coefficient (Wildman–Crippen LogP) is 4.78. The average molecular weight is 533 g/mol. The van der Waals surface area contributed by atoms with Crippen LogP contribution in [0.2, 0.25) is 0 Å². The molecule has 0 saturated carbocycles. The van der Waals surface area contributed by atoms with Gasteiger partial charge in [0, 0.05) is 11.3 Å². The molecule has 0 aliphatic heterocycles. The number of nitrogens with zero attached hydrogens (tertiary/aromatic N) is 3. The van der Waals surface area contributed by atoms with Crippen LogP contribution < -0.4 is 15.8 Å². The van der Waals surface area contributed by atoms with E-state index < -0.39 is 6.36 Å². The molecule has 1 atom stereocenters. The van der Waals surface area contributed by atoms with Crippen LogP contribution in [0.3, 0.4) is 0 Å². The van der Waals surface area contributed by atoms with Gasteiger partial charge in [-0.3, -0.25) is 4.99 Å². The third kappa shape index (κ3) is 6.90. The fourth-order valence-corrected chi connectivity index (χ4v) is 2.38. The van der Waals surface area contributed by atoms with E-state index >= 15 is 0 Å². The number of nitrogens with one attached hydrogen (secondary N) is 1. The lowest BCUT2D eigenvalue weighted by Gasteiger charge is -2.10. The van der Waals surface area contributed by atoms with Gasteiger partial charge in [0.05, 0.1) is 12.5 Å². The van der Waals surface area contributed by atoms with Crippen molar-refractivity contribution in [1.29, 1.82) is 0 Å². The Morgan fingerprint density at radius 1 is 1.17 bits per heavy atom. The Morgan fingerprint density at radius 2 is 1.83 bits per heavy atom. The highest BCUT2D eigenvalue weighted by Gasteiger charge is 2.30. The molecule has 1 aromatic heterocycles. The number of benzene rings is 2. The second-order valence-corrected chi connectivity index (χ2v) is 6.15. The van der Waals surface area contributed by atoms with E-state index in [1.807, 2.05) is 37.3 Å². The zero-order valence-electron chi connectivity index (χ0n) is 15.8. The van der Waals surface area contributed by atoms with Crippen LogP contribution in [0.25, 0.3) is 11.4 Å². The monoisotopic (exact) mass is 533 g/mol. The summed E-state index contributed by atoms with van der Waals surface area (Å²) in [5.41, 5.74) is 7.14. The minimum atomic E-state index is -4.74. The first-order valence-electron chi connectivity index (χ1n) is 8.62. The molecule has 0 aliphatic carbocycles. The molecule has 0 bridgehead atoms. The third-order valence-corrected chi connectivity index (χ3v) is 3.79. The van der Waals surface area contributed by atoms with Crippen molar-refractivity contribution in [2.24, 2.45) is 10.7 Å². The summed E-state index contributed by atoms with van der Waals surface area (Å²) >= 11 is 0. The van der Waals surface area contributed by atoms with E-state index in [0.29, 0.717) is 17.4 Å². The van der Waals surface area contributed by atoms with Crippen molar-refractivity contribution in [1.82, 2.24) is 10.1 Å². The van der Waals surface area contributed by atoms with Gasteiger partial charge in [0.25, 0.3) is 0 Å². The molecule has 0 aliphatic rings. The molecule has 11 heteroatoms. The molecule has 0 radical (unpaired) electrons.